The number of carbonyl (C=O) groups is 1. The Labute approximate surface area is 172 Å². The highest BCUT2D eigenvalue weighted by Crippen LogP contribution is 2.23. The van der Waals surface area contributed by atoms with Crippen molar-refractivity contribution in [1.82, 2.24) is 9.71 Å². The zero-order valence-electron chi connectivity index (χ0n) is 15.5. The normalized spacial score (nSPS) is 11.2. The third-order valence-corrected chi connectivity index (χ3v) is 6.17. The number of carbonyl (C=O) groups excluding carboxylic acids is 1. The van der Waals surface area contributed by atoms with Crippen LogP contribution in [0.2, 0.25) is 0 Å². The van der Waals surface area contributed by atoms with Crippen LogP contribution >= 0.6 is 11.3 Å². The Kier molecular flexibility index (Phi) is 6.21. The monoisotopic (exact) mass is 431 g/mol. The van der Waals surface area contributed by atoms with Gasteiger partial charge in [0.15, 0.2) is 0 Å². The largest absolute Gasteiger partial charge is 0.322 e. The summed E-state index contributed by atoms with van der Waals surface area (Å²) in [6.45, 7) is 5.28. The first-order valence-corrected chi connectivity index (χ1v) is 10.9. The fraction of sp³-hybridized carbons (Fsp3) is 0.100. The number of nitrogens with zero attached hydrogens (tertiary/aromatic N) is 1. The van der Waals surface area contributed by atoms with Crippen molar-refractivity contribution in [2.24, 2.45) is 0 Å². The molecule has 0 atom stereocenters. The lowest BCUT2D eigenvalue weighted by molar-refractivity contribution is 0.102. The summed E-state index contributed by atoms with van der Waals surface area (Å²) in [6.07, 6.45) is 1.34. The van der Waals surface area contributed by atoms with E-state index in [2.05, 4.69) is 21.6 Å². The predicted octanol–water partition coefficient (Wildman–Crippen LogP) is 3.97. The highest BCUT2D eigenvalue weighted by atomic mass is 32.2. The molecule has 0 spiro atoms. The van der Waals surface area contributed by atoms with Gasteiger partial charge in [-0.2, -0.15) is 0 Å². The number of benzene rings is 2. The minimum Gasteiger partial charge on any atom is -0.322 e. The summed E-state index contributed by atoms with van der Waals surface area (Å²) in [6, 6.07) is 10.3. The minimum absolute atomic E-state index is 0.0181. The van der Waals surface area contributed by atoms with E-state index >= 15 is 0 Å². The smallest absolute Gasteiger partial charge is 0.255 e. The first-order valence-electron chi connectivity index (χ1n) is 8.54. The van der Waals surface area contributed by atoms with E-state index in [9.17, 15) is 17.6 Å². The molecule has 0 aliphatic rings. The van der Waals surface area contributed by atoms with E-state index in [-0.39, 0.29) is 12.1 Å². The van der Waals surface area contributed by atoms with Crippen molar-refractivity contribution in [3.05, 3.63) is 76.9 Å². The number of halogens is 1. The summed E-state index contributed by atoms with van der Waals surface area (Å²) >= 11 is 1.55. The number of amides is 1. The quantitative estimate of drug-likeness (QED) is 0.554. The van der Waals surface area contributed by atoms with E-state index < -0.39 is 26.6 Å². The van der Waals surface area contributed by atoms with E-state index in [1.54, 1.807) is 23.5 Å². The molecule has 29 heavy (non-hydrogen) atoms. The second-order valence-electron chi connectivity index (χ2n) is 6.07. The van der Waals surface area contributed by atoms with Crippen LogP contribution in [0.4, 0.5) is 10.1 Å². The molecule has 6 nitrogen and oxygen atoms in total. The number of aromatic nitrogens is 1. The zero-order valence-corrected chi connectivity index (χ0v) is 17.1. The fourth-order valence-electron chi connectivity index (χ4n) is 2.52. The topological polar surface area (TPSA) is 88.2 Å². The highest BCUT2D eigenvalue weighted by molar-refractivity contribution is 7.89. The molecule has 0 aliphatic carbocycles. The average Bonchev–Trinajstić information content (AvgIpc) is 3.13. The Hall–Kier alpha value is -2.88. The van der Waals surface area contributed by atoms with Crippen LogP contribution < -0.4 is 10.0 Å². The van der Waals surface area contributed by atoms with Gasteiger partial charge >= 0.3 is 0 Å². The average molecular weight is 432 g/mol. The van der Waals surface area contributed by atoms with Gasteiger partial charge in [-0.25, -0.2) is 22.5 Å². The molecule has 150 valence electrons. The molecule has 1 amide bonds. The van der Waals surface area contributed by atoms with Crippen LogP contribution in [0.3, 0.4) is 0 Å². The molecule has 0 fully saturated rings. The molecule has 0 radical (unpaired) electrons. The van der Waals surface area contributed by atoms with Crippen molar-refractivity contribution in [1.29, 1.82) is 0 Å². The molecule has 2 aromatic carbocycles. The van der Waals surface area contributed by atoms with Gasteiger partial charge in [0.05, 0.1) is 10.7 Å². The minimum atomic E-state index is -4.10. The first kappa shape index (κ1) is 20.8. The van der Waals surface area contributed by atoms with E-state index in [0.29, 0.717) is 5.69 Å². The van der Waals surface area contributed by atoms with Crippen LogP contribution in [-0.4, -0.2) is 25.9 Å². The Bertz CT molecular complexity index is 1160. The Morgan fingerprint density at radius 2 is 1.97 bits per heavy atom. The third-order valence-electron chi connectivity index (χ3n) is 3.96. The van der Waals surface area contributed by atoms with Crippen molar-refractivity contribution in [3.8, 4) is 11.3 Å². The van der Waals surface area contributed by atoms with E-state index in [0.717, 1.165) is 28.4 Å². The highest BCUT2D eigenvalue weighted by Gasteiger charge is 2.20. The predicted molar refractivity (Wildman–Crippen MR) is 112 cm³/mol. The molecule has 0 bridgehead atoms. The maximum atomic E-state index is 14.0. The van der Waals surface area contributed by atoms with Gasteiger partial charge in [0.2, 0.25) is 10.0 Å². The molecule has 0 unspecified atom stereocenters. The second-order valence-corrected chi connectivity index (χ2v) is 8.87. The van der Waals surface area contributed by atoms with Crippen LogP contribution in [0.25, 0.3) is 11.3 Å². The number of nitrogens with one attached hydrogen (secondary N) is 2. The Morgan fingerprint density at radius 1 is 1.24 bits per heavy atom. The summed E-state index contributed by atoms with van der Waals surface area (Å²) in [4.78, 5) is 16.3. The van der Waals surface area contributed by atoms with Gasteiger partial charge < -0.3 is 5.32 Å². The van der Waals surface area contributed by atoms with Gasteiger partial charge in [-0.05, 0) is 37.3 Å². The molecule has 0 aliphatic heterocycles. The first-order chi connectivity index (χ1) is 13.8. The van der Waals surface area contributed by atoms with Gasteiger partial charge in [-0.15, -0.1) is 17.9 Å². The third kappa shape index (κ3) is 4.94. The van der Waals surface area contributed by atoms with E-state index in [1.165, 1.54) is 12.1 Å². The Morgan fingerprint density at radius 3 is 2.59 bits per heavy atom. The molecule has 9 heteroatoms. The molecular formula is C20H18FN3O3S2. The number of thiazole rings is 1. The standard InChI is InChI=1S/C20H18FN3O3S2/c1-3-10-22-29(26,27)19-11-15(6-9-17(19)21)20(25)24-16-7-4-14(5-8-16)18-12-28-13(2)23-18/h3-9,11-12,22H,1,10H2,2H3,(H,24,25). The molecule has 1 aromatic heterocycles. The molecule has 1 heterocycles. The van der Waals surface area contributed by atoms with Gasteiger partial charge in [0.1, 0.15) is 10.7 Å². The van der Waals surface area contributed by atoms with Crippen molar-refractivity contribution in [3.63, 3.8) is 0 Å². The molecular weight excluding hydrogens is 413 g/mol. The van der Waals surface area contributed by atoms with Crippen molar-refractivity contribution < 1.29 is 17.6 Å². The van der Waals surface area contributed by atoms with Gasteiger partial charge in [0.25, 0.3) is 5.91 Å². The van der Waals surface area contributed by atoms with Crippen molar-refractivity contribution >= 4 is 33.0 Å². The van der Waals surface area contributed by atoms with Crippen LogP contribution in [-0.2, 0) is 10.0 Å². The van der Waals surface area contributed by atoms with Crippen LogP contribution in [0.1, 0.15) is 15.4 Å². The van der Waals surface area contributed by atoms with Gasteiger partial charge in [0, 0.05) is 28.7 Å². The lowest BCUT2D eigenvalue weighted by Gasteiger charge is -2.09. The van der Waals surface area contributed by atoms with Crippen LogP contribution in [0.5, 0.6) is 0 Å². The fourth-order valence-corrected chi connectivity index (χ4v) is 4.24. The lowest BCUT2D eigenvalue weighted by atomic mass is 10.1. The summed E-state index contributed by atoms with van der Waals surface area (Å²) in [7, 11) is -4.10. The molecule has 3 aromatic rings. The molecule has 0 saturated carbocycles. The van der Waals surface area contributed by atoms with Crippen LogP contribution in [0.15, 0.2) is 65.4 Å². The summed E-state index contributed by atoms with van der Waals surface area (Å²) in [5.41, 5.74) is 2.30. The number of aryl methyl sites for hydroxylation is 1. The SMILES string of the molecule is C=CCNS(=O)(=O)c1cc(C(=O)Nc2ccc(-c3csc(C)n3)cc2)ccc1F. The molecule has 0 saturated heterocycles. The van der Waals surface area contributed by atoms with Gasteiger partial charge in [-0.1, -0.05) is 18.2 Å². The molecule has 3 rings (SSSR count). The number of hydrogen-bond donors (Lipinski definition) is 2. The van der Waals surface area contributed by atoms with E-state index in [1.807, 2.05) is 24.4 Å². The second kappa shape index (κ2) is 8.64. The number of hydrogen-bond acceptors (Lipinski definition) is 5. The number of rotatable bonds is 7. The zero-order chi connectivity index (χ0) is 21.0. The van der Waals surface area contributed by atoms with Gasteiger partial charge in [-0.3, -0.25) is 4.79 Å². The summed E-state index contributed by atoms with van der Waals surface area (Å²) < 4.78 is 40.6. The Balaban J connectivity index is 1.79. The maximum Gasteiger partial charge on any atom is 0.255 e. The number of anilines is 1. The molecule has 2 N–H and O–H groups in total. The summed E-state index contributed by atoms with van der Waals surface area (Å²) in [5, 5.41) is 5.58. The van der Waals surface area contributed by atoms with E-state index in [4.69, 9.17) is 0 Å². The maximum absolute atomic E-state index is 14.0. The van der Waals surface area contributed by atoms with Crippen molar-refractivity contribution in [2.75, 3.05) is 11.9 Å². The number of sulfonamides is 1. The van der Waals surface area contributed by atoms with Crippen molar-refractivity contribution in [2.45, 2.75) is 11.8 Å². The summed E-state index contributed by atoms with van der Waals surface area (Å²) in [5.74, 6) is -1.50. The lowest BCUT2D eigenvalue weighted by Crippen LogP contribution is -2.25. The van der Waals surface area contributed by atoms with Crippen LogP contribution in [0, 0.1) is 12.7 Å².